The number of anilines is 1. The first-order chi connectivity index (χ1) is 8.92. The zero-order valence-corrected chi connectivity index (χ0v) is 12.1. The molecule has 0 fully saturated rings. The summed E-state index contributed by atoms with van der Waals surface area (Å²) in [6.45, 7) is 0. The summed E-state index contributed by atoms with van der Waals surface area (Å²) in [7, 11) is -2.43. The fourth-order valence-corrected chi connectivity index (χ4v) is 3.94. The molecule has 0 aliphatic heterocycles. The van der Waals surface area contributed by atoms with Gasteiger partial charge in [-0.2, -0.15) is 0 Å². The summed E-state index contributed by atoms with van der Waals surface area (Å²) in [5.74, 6) is -0.412. The van der Waals surface area contributed by atoms with Gasteiger partial charge in [0.05, 0.1) is 17.1 Å². The van der Waals surface area contributed by atoms with Gasteiger partial charge in [0.15, 0.2) is 0 Å². The van der Waals surface area contributed by atoms with E-state index in [0.717, 1.165) is 23.5 Å². The molecule has 4 nitrogen and oxygen atoms in total. The summed E-state index contributed by atoms with van der Waals surface area (Å²) in [4.78, 5) is 0. The highest BCUT2D eigenvalue weighted by Gasteiger charge is 2.18. The van der Waals surface area contributed by atoms with Crippen LogP contribution in [0.4, 0.5) is 10.1 Å². The normalized spacial score (nSPS) is 11.3. The Morgan fingerprint density at radius 3 is 2.63 bits per heavy atom. The van der Waals surface area contributed by atoms with E-state index >= 15 is 0 Å². The van der Waals surface area contributed by atoms with Gasteiger partial charge in [0.2, 0.25) is 0 Å². The van der Waals surface area contributed by atoms with Crippen molar-refractivity contribution >= 4 is 38.6 Å². The number of methoxy groups -OCH3 is 1. The van der Waals surface area contributed by atoms with Crippen LogP contribution < -0.4 is 9.46 Å². The molecule has 0 bridgehead atoms. The number of thiophene rings is 1. The smallest absolute Gasteiger partial charge is 0.271 e. The van der Waals surface area contributed by atoms with Crippen molar-refractivity contribution < 1.29 is 17.5 Å². The molecule has 0 aliphatic carbocycles. The molecule has 1 heterocycles. The minimum absolute atomic E-state index is 0.0730. The van der Waals surface area contributed by atoms with E-state index in [1.807, 2.05) is 0 Å². The molecule has 1 aromatic heterocycles. The predicted molar refractivity (Wildman–Crippen MR) is 73.1 cm³/mol. The second kappa shape index (κ2) is 5.36. The number of hydrogen-bond acceptors (Lipinski definition) is 4. The Morgan fingerprint density at radius 2 is 2.05 bits per heavy atom. The van der Waals surface area contributed by atoms with E-state index in [0.29, 0.717) is 4.34 Å². The maximum atomic E-state index is 13.0. The average molecular weight is 322 g/mol. The molecule has 1 aromatic carbocycles. The summed E-state index contributed by atoms with van der Waals surface area (Å²) in [6, 6.07) is 6.41. The Morgan fingerprint density at radius 1 is 1.32 bits per heavy atom. The molecule has 0 atom stereocenters. The van der Waals surface area contributed by atoms with Gasteiger partial charge < -0.3 is 4.74 Å². The highest BCUT2D eigenvalue weighted by Crippen LogP contribution is 2.30. The number of rotatable bonds is 4. The molecule has 2 rings (SSSR count). The molecule has 19 heavy (non-hydrogen) atoms. The van der Waals surface area contributed by atoms with Gasteiger partial charge >= 0.3 is 0 Å². The van der Waals surface area contributed by atoms with Gasteiger partial charge in [-0.1, -0.05) is 11.6 Å². The minimum Gasteiger partial charge on any atom is -0.494 e. The van der Waals surface area contributed by atoms with Crippen LogP contribution in [0.5, 0.6) is 5.75 Å². The number of benzene rings is 1. The molecular formula is C11H9ClFNO3S2. The van der Waals surface area contributed by atoms with E-state index in [1.165, 1.54) is 25.3 Å². The van der Waals surface area contributed by atoms with Crippen LogP contribution in [0.1, 0.15) is 0 Å². The molecule has 0 saturated heterocycles. The average Bonchev–Trinajstić information content (AvgIpc) is 2.79. The zero-order valence-electron chi connectivity index (χ0n) is 9.68. The molecule has 0 unspecified atom stereocenters. The van der Waals surface area contributed by atoms with Crippen LogP contribution >= 0.6 is 22.9 Å². The van der Waals surface area contributed by atoms with Crippen LogP contribution in [0.3, 0.4) is 0 Å². The van der Waals surface area contributed by atoms with Crippen LogP contribution in [-0.2, 0) is 10.0 Å². The van der Waals surface area contributed by atoms with E-state index < -0.39 is 15.8 Å². The first-order valence-electron chi connectivity index (χ1n) is 5.04. The lowest BCUT2D eigenvalue weighted by molar-refractivity contribution is 0.413. The van der Waals surface area contributed by atoms with Crippen LogP contribution in [0.15, 0.2) is 34.5 Å². The van der Waals surface area contributed by atoms with Gasteiger partial charge in [0.1, 0.15) is 15.8 Å². The fraction of sp³-hybridized carbons (Fsp3) is 0.0909. The van der Waals surface area contributed by atoms with Crippen LogP contribution in [-0.4, -0.2) is 15.5 Å². The molecule has 0 saturated carbocycles. The third-order valence-corrected chi connectivity index (χ3v) is 5.31. The van der Waals surface area contributed by atoms with Gasteiger partial charge in [-0.25, -0.2) is 12.8 Å². The first-order valence-corrected chi connectivity index (χ1v) is 7.72. The molecule has 0 amide bonds. The second-order valence-electron chi connectivity index (χ2n) is 3.51. The third-order valence-electron chi connectivity index (χ3n) is 2.22. The molecule has 8 heteroatoms. The largest absolute Gasteiger partial charge is 0.494 e. The van der Waals surface area contributed by atoms with Crippen molar-refractivity contribution in [3.63, 3.8) is 0 Å². The van der Waals surface area contributed by atoms with Crippen LogP contribution in [0.2, 0.25) is 4.34 Å². The number of ether oxygens (including phenoxy) is 1. The monoisotopic (exact) mass is 321 g/mol. The summed E-state index contributed by atoms with van der Waals surface area (Å²) in [6.07, 6.45) is 0. The minimum atomic E-state index is -3.76. The fourth-order valence-electron chi connectivity index (χ4n) is 1.39. The predicted octanol–water partition coefficient (Wildman–Crippen LogP) is 3.35. The lowest BCUT2D eigenvalue weighted by atomic mass is 10.3. The Labute approximate surface area is 118 Å². The van der Waals surface area contributed by atoms with Gasteiger partial charge in [0.25, 0.3) is 10.0 Å². The Kier molecular flexibility index (Phi) is 3.98. The maximum Gasteiger partial charge on any atom is 0.271 e. The second-order valence-corrected chi connectivity index (χ2v) is 7.13. The quantitative estimate of drug-likeness (QED) is 0.939. The van der Waals surface area contributed by atoms with E-state index in [2.05, 4.69) is 4.72 Å². The van der Waals surface area contributed by atoms with E-state index in [9.17, 15) is 12.8 Å². The molecule has 0 aliphatic rings. The standard InChI is InChI=1S/C11H9ClFNO3S2/c1-17-9-6-7(13)2-3-8(9)14-19(15,16)11-5-4-10(12)18-11/h2-6,14H,1H3. The molecule has 0 spiro atoms. The summed E-state index contributed by atoms with van der Waals surface area (Å²) in [5.41, 5.74) is 0.161. The number of nitrogens with one attached hydrogen (secondary N) is 1. The van der Waals surface area contributed by atoms with E-state index in [1.54, 1.807) is 0 Å². The molecule has 2 aromatic rings. The van der Waals surface area contributed by atoms with Gasteiger partial charge in [-0.05, 0) is 24.3 Å². The van der Waals surface area contributed by atoms with Crippen molar-refractivity contribution in [3.8, 4) is 5.75 Å². The first kappa shape index (κ1) is 14.1. The van der Waals surface area contributed by atoms with Crippen molar-refractivity contribution in [2.45, 2.75) is 4.21 Å². The Balaban J connectivity index is 2.35. The highest BCUT2D eigenvalue weighted by molar-refractivity contribution is 7.94. The van der Waals surface area contributed by atoms with Crippen molar-refractivity contribution in [1.29, 1.82) is 0 Å². The number of sulfonamides is 1. The Hall–Kier alpha value is -1.31. The molecule has 0 radical (unpaired) electrons. The molecule has 102 valence electrons. The number of halogens is 2. The van der Waals surface area contributed by atoms with Crippen molar-refractivity contribution in [1.82, 2.24) is 0 Å². The van der Waals surface area contributed by atoms with Gasteiger partial charge in [-0.15, -0.1) is 11.3 Å². The molecule has 1 N–H and O–H groups in total. The van der Waals surface area contributed by atoms with E-state index in [4.69, 9.17) is 16.3 Å². The van der Waals surface area contributed by atoms with Crippen molar-refractivity contribution in [3.05, 3.63) is 40.5 Å². The summed E-state index contributed by atoms with van der Waals surface area (Å²) in [5, 5.41) is 0. The van der Waals surface area contributed by atoms with E-state index in [-0.39, 0.29) is 15.6 Å². The maximum absolute atomic E-state index is 13.0. The van der Waals surface area contributed by atoms with Gasteiger partial charge in [-0.3, -0.25) is 4.72 Å². The van der Waals surface area contributed by atoms with Crippen LogP contribution in [0.25, 0.3) is 0 Å². The SMILES string of the molecule is COc1cc(F)ccc1NS(=O)(=O)c1ccc(Cl)s1. The lowest BCUT2D eigenvalue weighted by Gasteiger charge is -2.10. The number of hydrogen-bond donors (Lipinski definition) is 1. The summed E-state index contributed by atoms with van der Waals surface area (Å²) >= 11 is 6.63. The third kappa shape index (κ3) is 3.17. The van der Waals surface area contributed by atoms with Gasteiger partial charge in [0, 0.05) is 6.07 Å². The van der Waals surface area contributed by atoms with Crippen LogP contribution in [0, 0.1) is 5.82 Å². The zero-order chi connectivity index (χ0) is 14.0. The lowest BCUT2D eigenvalue weighted by Crippen LogP contribution is -2.12. The van der Waals surface area contributed by atoms with Crippen molar-refractivity contribution in [2.24, 2.45) is 0 Å². The molecular weight excluding hydrogens is 313 g/mol. The topological polar surface area (TPSA) is 55.4 Å². The van der Waals surface area contributed by atoms with Crippen molar-refractivity contribution in [2.75, 3.05) is 11.8 Å². The highest BCUT2D eigenvalue weighted by atomic mass is 35.5. The Bertz CT molecular complexity index is 700. The summed E-state index contributed by atoms with van der Waals surface area (Å²) < 4.78 is 44.8.